The molecule has 1 rings (SSSR count). The van der Waals surface area contributed by atoms with E-state index < -0.39 is 0 Å². The van der Waals surface area contributed by atoms with Crippen LogP contribution >= 0.6 is 0 Å². The van der Waals surface area contributed by atoms with Crippen molar-refractivity contribution in [2.75, 3.05) is 13.1 Å². The maximum Gasteiger partial charge on any atom is 0.0707 e. The molecule has 0 amide bonds. The van der Waals surface area contributed by atoms with Gasteiger partial charge in [0.2, 0.25) is 0 Å². The molecular weight excluding hydrogens is 190 g/mol. The zero-order chi connectivity index (χ0) is 11.5. The minimum atomic E-state index is -0.251. The van der Waals surface area contributed by atoms with Gasteiger partial charge in [0.15, 0.2) is 0 Å². The number of hydrogen-bond donors (Lipinski definition) is 2. The van der Waals surface area contributed by atoms with E-state index in [9.17, 15) is 5.11 Å². The van der Waals surface area contributed by atoms with Crippen LogP contribution in [-0.2, 0) is 4.74 Å². The van der Waals surface area contributed by atoms with Gasteiger partial charge in [0.1, 0.15) is 0 Å². The molecule has 0 saturated carbocycles. The summed E-state index contributed by atoms with van der Waals surface area (Å²) in [6.07, 6.45) is 2.32. The van der Waals surface area contributed by atoms with E-state index in [0.717, 1.165) is 19.4 Å². The lowest BCUT2D eigenvalue weighted by atomic mass is 10.1. The van der Waals surface area contributed by atoms with Crippen molar-refractivity contribution in [2.24, 2.45) is 5.92 Å². The highest BCUT2D eigenvalue weighted by atomic mass is 16.5. The maximum atomic E-state index is 9.60. The van der Waals surface area contributed by atoms with Crippen LogP contribution in [0.25, 0.3) is 0 Å². The highest BCUT2D eigenvalue weighted by molar-refractivity contribution is 4.82. The lowest BCUT2D eigenvalue weighted by molar-refractivity contribution is -0.0154. The molecule has 1 fully saturated rings. The highest BCUT2D eigenvalue weighted by Crippen LogP contribution is 2.28. The van der Waals surface area contributed by atoms with E-state index in [1.54, 1.807) is 0 Å². The fourth-order valence-electron chi connectivity index (χ4n) is 1.85. The Morgan fingerprint density at radius 3 is 2.60 bits per heavy atom. The summed E-state index contributed by atoms with van der Waals surface area (Å²) in [5, 5.41) is 12.9. The predicted octanol–water partition coefficient (Wildman–Crippen LogP) is 1.55. The monoisotopic (exact) mass is 215 g/mol. The Bertz CT molecular complexity index is 192. The molecule has 0 radical (unpaired) electrons. The normalized spacial score (nSPS) is 27.2. The van der Waals surface area contributed by atoms with Gasteiger partial charge in [-0.15, -0.1) is 0 Å². The molecule has 0 aliphatic carbocycles. The smallest absolute Gasteiger partial charge is 0.0707 e. The van der Waals surface area contributed by atoms with Crippen molar-refractivity contribution in [3.05, 3.63) is 0 Å². The molecule has 0 aromatic rings. The van der Waals surface area contributed by atoms with Gasteiger partial charge in [-0.2, -0.15) is 0 Å². The second-order valence-electron chi connectivity index (χ2n) is 5.51. The molecule has 15 heavy (non-hydrogen) atoms. The average Bonchev–Trinajstić information content (AvgIpc) is 2.45. The lowest BCUT2D eigenvalue weighted by Crippen LogP contribution is -2.36. The van der Waals surface area contributed by atoms with Gasteiger partial charge >= 0.3 is 0 Å². The van der Waals surface area contributed by atoms with Gasteiger partial charge in [0.05, 0.1) is 17.8 Å². The number of hydrogen-bond acceptors (Lipinski definition) is 3. The summed E-state index contributed by atoms with van der Waals surface area (Å²) >= 11 is 0. The van der Waals surface area contributed by atoms with Crippen LogP contribution in [0.15, 0.2) is 0 Å². The van der Waals surface area contributed by atoms with Crippen molar-refractivity contribution in [1.29, 1.82) is 0 Å². The zero-order valence-corrected chi connectivity index (χ0v) is 10.4. The topological polar surface area (TPSA) is 41.5 Å². The highest BCUT2D eigenvalue weighted by Gasteiger charge is 2.31. The maximum absolute atomic E-state index is 9.60. The van der Waals surface area contributed by atoms with Crippen LogP contribution in [0.5, 0.6) is 0 Å². The van der Waals surface area contributed by atoms with Crippen molar-refractivity contribution >= 4 is 0 Å². The van der Waals surface area contributed by atoms with E-state index >= 15 is 0 Å². The molecule has 3 nitrogen and oxygen atoms in total. The van der Waals surface area contributed by atoms with Gasteiger partial charge in [0, 0.05) is 13.1 Å². The van der Waals surface area contributed by atoms with Gasteiger partial charge in [0.25, 0.3) is 0 Å². The fraction of sp³-hybridized carbons (Fsp3) is 1.00. The summed E-state index contributed by atoms with van der Waals surface area (Å²) < 4.78 is 5.85. The Labute approximate surface area is 93.2 Å². The molecule has 0 spiro atoms. The summed E-state index contributed by atoms with van der Waals surface area (Å²) in [7, 11) is 0. The Morgan fingerprint density at radius 1 is 1.47 bits per heavy atom. The Kier molecular flexibility index (Phi) is 4.56. The molecule has 2 N–H and O–H groups in total. The Balaban J connectivity index is 2.11. The first-order valence-electron chi connectivity index (χ1n) is 5.97. The summed E-state index contributed by atoms with van der Waals surface area (Å²) in [6, 6.07) is 0. The van der Waals surface area contributed by atoms with Crippen LogP contribution in [0.4, 0.5) is 0 Å². The van der Waals surface area contributed by atoms with Crippen molar-refractivity contribution in [3.63, 3.8) is 0 Å². The fourth-order valence-corrected chi connectivity index (χ4v) is 1.85. The second kappa shape index (κ2) is 5.28. The van der Waals surface area contributed by atoms with Crippen LogP contribution in [0.2, 0.25) is 0 Å². The van der Waals surface area contributed by atoms with Crippen LogP contribution < -0.4 is 5.32 Å². The summed E-state index contributed by atoms with van der Waals surface area (Å²) in [4.78, 5) is 0. The van der Waals surface area contributed by atoms with Crippen LogP contribution in [0.1, 0.15) is 40.5 Å². The molecule has 0 bridgehead atoms. The molecule has 0 aromatic heterocycles. The van der Waals surface area contributed by atoms with Gasteiger partial charge in [-0.25, -0.2) is 0 Å². The summed E-state index contributed by atoms with van der Waals surface area (Å²) in [5.74, 6) is 0.318. The van der Waals surface area contributed by atoms with E-state index in [1.807, 2.05) is 13.8 Å². The van der Waals surface area contributed by atoms with Crippen molar-refractivity contribution in [2.45, 2.75) is 58.3 Å². The molecule has 90 valence electrons. The van der Waals surface area contributed by atoms with Gasteiger partial charge < -0.3 is 15.2 Å². The van der Waals surface area contributed by atoms with Crippen molar-refractivity contribution in [3.8, 4) is 0 Å². The third kappa shape index (κ3) is 4.49. The number of aliphatic hydroxyl groups excluding tert-OH is 1. The zero-order valence-electron chi connectivity index (χ0n) is 10.4. The molecular formula is C12H25NO2. The summed E-state index contributed by atoms with van der Waals surface area (Å²) in [6.45, 7) is 9.85. The van der Waals surface area contributed by atoms with Crippen molar-refractivity contribution < 1.29 is 9.84 Å². The molecule has 3 heteroatoms. The standard InChI is InChI=1S/C12H25NO2/c1-9(2)11(14)8-13-7-10-5-6-12(3,4)15-10/h9-11,13-14H,5-8H2,1-4H3. The Morgan fingerprint density at radius 2 is 2.13 bits per heavy atom. The largest absolute Gasteiger partial charge is 0.392 e. The molecule has 1 heterocycles. The third-order valence-electron chi connectivity index (χ3n) is 3.05. The van der Waals surface area contributed by atoms with Crippen molar-refractivity contribution in [1.82, 2.24) is 5.32 Å². The first kappa shape index (κ1) is 12.9. The quantitative estimate of drug-likeness (QED) is 0.731. The van der Waals surface area contributed by atoms with Crippen LogP contribution in [0, 0.1) is 5.92 Å². The SMILES string of the molecule is CC(C)C(O)CNCC1CCC(C)(C)O1. The third-order valence-corrected chi connectivity index (χ3v) is 3.05. The van der Waals surface area contributed by atoms with Gasteiger partial charge in [-0.1, -0.05) is 13.8 Å². The van der Waals surface area contributed by atoms with E-state index in [2.05, 4.69) is 19.2 Å². The number of rotatable bonds is 5. The number of nitrogens with one attached hydrogen (secondary N) is 1. The van der Waals surface area contributed by atoms with E-state index in [-0.39, 0.29) is 11.7 Å². The molecule has 2 atom stereocenters. The van der Waals surface area contributed by atoms with Gasteiger partial charge in [-0.3, -0.25) is 0 Å². The minimum Gasteiger partial charge on any atom is -0.392 e. The van der Waals surface area contributed by atoms with E-state index in [4.69, 9.17) is 4.74 Å². The molecule has 1 aliphatic heterocycles. The van der Waals surface area contributed by atoms with E-state index in [1.165, 1.54) is 0 Å². The lowest BCUT2D eigenvalue weighted by Gasteiger charge is -2.20. The molecule has 1 saturated heterocycles. The average molecular weight is 215 g/mol. The minimum absolute atomic E-state index is 0.0447. The van der Waals surface area contributed by atoms with Crippen LogP contribution in [-0.4, -0.2) is 36.0 Å². The first-order valence-corrected chi connectivity index (χ1v) is 5.97. The van der Waals surface area contributed by atoms with E-state index in [0.29, 0.717) is 18.6 Å². The first-order chi connectivity index (χ1) is 6.91. The Hall–Kier alpha value is -0.120. The number of aliphatic hydroxyl groups is 1. The summed E-state index contributed by atoms with van der Waals surface area (Å²) in [5.41, 5.74) is 0.0447. The predicted molar refractivity (Wildman–Crippen MR) is 61.9 cm³/mol. The molecule has 2 unspecified atom stereocenters. The van der Waals surface area contributed by atoms with Gasteiger partial charge in [-0.05, 0) is 32.6 Å². The molecule has 0 aromatic carbocycles. The molecule has 1 aliphatic rings. The van der Waals surface area contributed by atoms with Crippen LogP contribution in [0.3, 0.4) is 0 Å². The second-order valence-corrected chi connectivity index (χ2v) is 5.51. The number of ether oxygens (including phenoxy) is 1.